The van der Waals surface area contributed by atoms with Crippen LogP contribution in [0.25, 0.3) is 5.69 Å². The Morgan fingerprint density at radius 3 is 2.27 bits per heavy atom. The Morgan fingerprint density at radius 2 is 1.62 bits per heavy atom. The molecule has 3 aromatic carbocycles. The fraction of sp³-hybridized carbons (Fsp3) is 0.410. The maximum absolute atomic E-state index is 13.3. The molecule has 0 aliphatic carbocycles. The standard InChI is InChI=1S/C39H49N5O4/c1-7-8-23-48-34-25-30(13-18-33(34)47-6)37(45)43-21-19-29(20-22-43)24-28-11-14-31(15-12-28)40-38(46)41-36-26-35(39(3,4)5)42-44(36)32-16-9-27(2)10-17-32/h9-18,25-26,29H,7-8,19-24H2,1-6H3,(H2,40,41,46). The number of nitrogens with one attached hydrogen (secondary N) is 2. The highest BCUT2D eigenvalue weighted by Gasteiger charge is 2.25. The first-order valence-electron chi connectivity index (χ1n) is 17.0. The Balaban J connectivity index is 1.14. The van der Waals surface area contributed by atoms with E-state index in [4.69, 9.17) is 14.6 Å². The van der Waals surface area contributed by atoms with Gasteiger partial charge in [-0.25, -0.2) is 9.48 Å². The van der Waals surface area contributed by atoms with Crippen molar-refractivity contribution in [2.75, 3.05) is 37.4 Å². The Morgan fingerprint density at radius 1 is 0.917 bits per heavy atom. The van der Waals surface area contributed by atoms with Gasteiger partial charge in [-0.2, -0.15) is 5.10 Å². The van der Waals surface area contributed by atoms with Gasteiger partial charge in [0.05, 0.1) is 25.1 Å². The van der Waals surface area contributed by atoms with Crippen LogP contribution in [0.3, 0.4) is 0 Å². The molecule has 9 nitrogen and oxygen atoms in total. The number of rotatable bonds is 11. The predicted molar refractivity (Wildman–Crippen MR) is 192 cm³/mol. The Kier molecular flexibility index (Phi) is 11.1. The quantitative estimate of drug-likeness (QED) is 0.159. The van der Waals surface area contributed by atoms with Crippen molar-refractivity contribution in [3.63, 3.8) is 0 Å². The number of piperidine rings is 1. The molecule has 0 unspecified atom stereocenters. The first kappa shape index (κ1) is 34.5. The molecular formula is C39H49N5O4. The summed E-state index contributed by atoms with van der Waals surface area (Å²) < 4.78 is 13.1. The SMILES string of the molecule is CCCCOc1cc(C(=O)N2CCC(Cc3ccc(NC(=O)Nc4cc(C(C)(C)C)nn4-c4ccc(C)cc4)cc3)CC2)ccc1OC. The molecular weight excluding hydrogens is 602 g/mol. The lowest BCUT2D eigenvalue weighted by atomic mass is 9.90. The number of unbranched alkanes of at least 4 members (excludes halogenated alkanes) is 1. The number of nitrogens with zero attached hydrogens (tertiary/aromatic N) is 3. The molecule has 0 bridgehead atoms. The summed E-state index contributed by atoms with van der Waals surface area (Å²) in [4.78, 5) is 28.3. The number of hydrogen-bond donors (Lipinski definition) is 2. The molecule has 48 heavy (non-hydrogen) atoms. The number of amides is 3. The summed E-state index contributed by atoms with van der Waals surface area (Å²) in [6.07, 6.45) is 4.79. The molecule has 5 rings (SSSR count). The first-order valence-corrected chi connectivity index (χ1v) is 17.0. The molecule has 0 atom stereocenters. The number of carbonyl (C=O) groups is 2. The molecule has 254 valence electrons. The van der Waals surface area contributed by atoms with Gasteiger partial charge in [-0.15, -0.1) is 0 Å². The van der Waals surface area contributed by atoms with E-state index in [0.717, 1.165) is 62.1 Å². The zero-order valence-electron chi connectivity index (χ0n) is 29.1. The van der Waals surface area contributed by atoms with E-state index in [9.17, 15) is 9.59 Å². The number of methoxy groups -OCH3 is 1. The Hall–Kier alpha value is -4.79. The highest BCUT2D eigenvalue weighted by Crippen LogP contribution is 2.31. The van der Waals surface area contributed by atoms with E-state index in [2.05, 4.69) is 50.5 Å². The summed E-state index contributed by atoms with van der Waals surface area (Å²) in [5, 5.41) is 10.8. The molecule has 1 aliphatic heterocycles. The van der Waals surface area contributed by atoms with Crippen LogP contribution < -0.4 is 20.1 Å². The van der Waals surface area contributed by atoms with Gasteiger partial charge >= 0.3 is 6.03 Å². The smallest absolute Gasteiger partial charge is 0.324 e. The number of benzene rings is 3. The van der Waals surface area contributed by atoms with E-state index < -0.39 is 0 Å². The minimum Gasteiger partial charge on any atom is -0.493 e. The summed E-state index contributed by atoms with van der Waals surface area (Å²) in [6.45, 7) is 12.5. The van der Waals surface area contributed by atoms with Crippen molar-refractivity contribution in [2.24, 2.45) is 5.92 Å². The van der Waals surface area contributed by atoms with Crippen LogP contribution in [-0.2, 0) is 11.8 Å². The second kappa shape index (κ2) is 15.4. The van der Waals surface area contributed by atoms with E-state index in [1.54, 1.807) is 17.9 Å². The fourth-order valence-electron chi connectivity index (χ4n) is 5.83. The van der Waals surface area contributed by atoms with Gasteiger partial charge in [0.15, 0.2) is 11.5 Å². The summed E-state index contributed by atoms with van der Waals surface area (Å²) >= 11 is 0. The van der Waals surface area contributed by atoms with Crippen LogP contribution in [0, 0.1) is 12.8 Å². The molecule has 1 fully saturated rings. The van der Waals surface area contributed by atoms with Crippen LogP contribution in [0.1, 0.15) is 80.6 Å². The molecule has 0 saturated carbocycles. The maximum atomic E-state index is 13.3. The van der Waals surface area contributed by atoms with Crippen LogP contribution in [0.2, 0.25) is 0 Å². The molecule has 1 saturated heterocycles. The minimum absolute atomic E-state index is 0.0293. The third-order valence-electron chi connectivity index (χ3n) is 8.80. The predicted octanol–water partition coefficient (Wildman–Crippen LogP) is 8.40. The maximum Gasteiger partial charge on any atom is 0.324 e. The van der Waals surface area contributed by atoms with Crippen LogP contribution in [-0.4, -0.2) is 53.4 Å². The van der Waals surface area contributed by atoms with Gasteiger partial charge in [0.25, 0.3) is 5.91 Å². The molecule has 9 heteroatoms. The molecule has 0 radical (unpaired) electrons. The van der Waals surface area contributed by atoms with Crippen molar-refractivity contribution in [3.8, 4) is 17.2 Å². The first-order chi connectivity index (χ1) is 23.0. The van der Waals surface area contributed by atoms with Crippen molar-refractivity contribution in [1.29, 1.82) is 0 Å². The van der Waals surface area contributed by atoms with Crippen molar-refractivity contribution < 1.29 is 19.1 Å². The third kappa shape index (κ3) is 8.76. The van der Waals surface area contributed by atoms with Gasteiger partial charge in [0.2, 0.25) is 0 Å². The zero-order chi connectivity index (χ0) is 34.3. The minimum atomic E-state index is -0.329. The van der Waals surface area contributed by atoms with Crippen molar-refractivity contribution in [3.05, 3.63) is 95.2 Å². The topological polar surface area (TPSA) is 97.7 Å². The largest absolute Gasteiger partial charge is 0.493 e. The van der Waals surface area contributed by atoms with E-state index in [1.165, 1.54) is 5.56 Å². The molecule has 2 N–H and O–H groups in total. The summed E-state index contributed by atoms with van der Waals surface area (Å²) in [5.74, 6) is 2.38. The number of aromatic nitrogens is 2. The highest BCUT2D eigenvalue weighted by molar-refractivity contribution is 5.99. The van der Waals surface area contributed by atoms with E-state index in [-0.39, 0.29) is 17.4 Å². The Bertz CT molecular complexity index is 1680. The zero-order valence-corrected chi connectivity index (χ0v) is 29.1. The van der Waals surface area contributed by atoms with Gasteiger partial charge in [-0.05, 0) is 86.6 Å². The number of carbonyl (C=O) groups excluding carboxylic acids is 2. The summed E-state index contributed by atoms with van der Waals surface area (Å²) in [5.41, 5.74) is 5.31. The molecule has 3 amide bonds. The lowest BCUT2D eigenvalue weighted by molar-refractivity contribution is 0.0690. The number of urea groups is 1. The lowest BCUT2D eigenvalue weighted by Gasteiger charge is -2.32. The van der Waals surface area contributed by atoms with E-state index in [1.807, 2.05) is 66.4 Å². The number of ether oxygens (including phenoxy) is 2. The number of aryl methyl sites for hydroxylation is 1. The summed E-state index contributed by atoms with van der Waals surface area (Å²) in [7, 11) is 1.61. The summed E-state index contributed by atoms with van der Waals surface area (Å²) in [6, 6.07) is 23.1. The highest BCUT2D eigenvalue weighted by atomic mass is 16.5. The van der Waals surface area contributed by atoms with E-state index in [0.29, 0.717) is 41.1 Å². The van der Waals surface area contributed by atoms with E-state index >= 15 is 0 Å². The number of anilines is 2. The third-order valence-corrected chi connectivity index (χ3v) is 8.80. The van der Waals surface area contributed by atoms with Crippen molar-refractivity contribution in [1.82, 2.24) is 14.7 Å². The molecule has 0 spiro atoms. The average molecular weight is 652 g/mol. The second-order valence-corrected chi connectivity index (χ2v) is 13.7. The van der Waals surface area contributed by atoms with Gasteiger partial charge in [0, 0.05) is 35.8 Å². The molecule has 2 heterocycles. The molecule has 4 aromatic rings. The van der Waals surface area contributed by atoms with Gasteiger partial charge in [-0.3, -0.25) is 10.1 Å². The van der Waals surface area contributed by atoms with Crippen LogP contribution >= 0.6 is 0 Å². The fourth-order valence-corrected chi connectivity index (χ4v) is 5.83. The molecule has 1 aliphatic rings. The van der Waals surface area contributed by atoms with Crippen molar-refractivity contribution >= 4 is 23.4 Å². The normalized spacial score (nSPS) is 13.7. The van der Waals surface area contributed by atoms with Crippen LogP contribution in [0.5, 0.6) is 11.5 Å². The lowest BCUT2D eigenvalue weighted by Crippen LogP contribution is -2.38. The van der Waals surface area contributed by atoms with Gasteiger partial charge < -0.3 is 19.7 Å². The monoisotopic (exact) mass is 651 g/mol. The Labute approximate surface area is 284 Å². The van der Waals surface area contributed by atoms with Crippen molar-refractivity contribution in [2.45, 2.75) is 72.1 Å². The van der Waals surface area contributed by atoms with Gasteiger partial charge in [-0.1, -0.05) is 63.9 Å². The average Bonchev–Trinajstić information content (AvgIpc) is 3.50. The van der Waals surface area contributed by atoms with Crippen LogP contribution in [0.15, 0.2) is 72.8 Å². The second-order valence-electron chi connectivity index (χ2n) is 13.7. The van der Waals surface area contributed by atoms with Crippen LogP contribution in [0.4, 0.5) is 16.3 Å². The van der Waals surface area contributed by atoms with Gasteiger partial charge in [0.1, 0.15) is 5.82 Å². The molecule has 1 aromatic heterocycles. The number of hydrogen-bond acceptors (Lipinski definition) is 5. The number of likely N-dealkylation sites (tertiary alicyclic amines) is 1.